The van der Waals surface area contributed by atoms with E-state index in [0.29, 0.717) is 11.1 Å². The molecule has 4 heteroatoms. The Hall–Kier alpha value is -2.98. The summed E-state index contributed by atoms with van der Waals surface area (Å²) >= 11 is 0. The van der Waals surface area contributed by atoms with Crippen molar-refractivity contribution in [3.63, 3.8) is 0 Å². The van der Waals surface area contributed by atoms with Crippen LogP contribution in [0.2, 0.25) is 0 Å². The Labute approximate surface area is 149 Å². The first-order valence-corrected chi connectivity index (χ1v) is 8.40. The third-order valence-corrected chi connectivity index (χ3v) is 5.49. The molecule has 0 saturated heterocycles. The number of rotatable bonds is 1. The third kappa shape index (κ3) is 2.26. The van der Waals surface area contributed by atoms with Crippen LogP contribution in [0.3, 0.4) is 0 Å². The van der Waals surface area contributed by atoms with Gasteiger partial charge in [0.1, 0.15) is 18.3 Å². The molecule has 1 aliphatic rings. The predicted octanol–water partition coefficient (Wildman–Crippen LogP) is 4.60. The van der Waals surface area contributed by atoms with Gasteiger partial charge in [0.15, 0.2) is 0 Å². The van der Waals surface area contributed by atoms with Gasteiger partial charge in [-0.2, -0.15) is 10.5 Å². The normalized spacial score (nSPS) is 15.8. The fraction of sp³-hybridized carbons (Fsp3) is 0.333. The summed E-state index contributed by atoms with van der Waals surface area (Å²) in [7, 11) is 1.98. The van der Waals surface area contributed by atoms with Crippen molar-refractivity contribution in [1.82, 2.24) is 0 Å². The van der Waals surface area contributed by atoms with Crippen molar-refractivity contribution < 1.29 is 0 Å². The Morgan fingerprint density at radius 2 is 1.60 bits per heavy atom. The summed E-state index contributed by atoms with van der Waals surface area (Å²) in [6, 6.07) is 10.3. The van der Waals surface area contributed by atoms with Crippen LogP contribution in [0.5, 0.6) is 0 Å². The zero-order valence-corrected chi connectivity index (χ0v) is 15.6. The van der Waals surface area contributed by atoms with Crippen LogP contribution in [0.4, 0.5) is 17.1 Å². The van der Waals surface area contributed by atoms with E-state index in [9.17, 15) is 10.5 Å². The first-order chi connectivity index (χ1) is 11.8. The number of hydrogen-bond donors (Lipinski definition) is 0. The molecule has 1 atom stereocenters. The lowest BCUT2D eigenvalue weighted by Crippen LogP contribution is -2.36. The van der Waals surface area contributed by atoms with Crippen LogP contribution in [0.15, 0.2) is 18.2 Å². The van der Waals surface area contributed by atoms with Crippen LogP contribution in [0.25, 0.3) is 0 Å². The molecule has 1 heterocycles. The van der Waals surface area contributed by atoms with E-state index in [-0.39, 0.29) is 6.17 Å². The zero-order chi connectivity index (χ0) is 18.5. The van der Waals surface area contributed by atoms with Crippen molar-refractivity contribution >= 4 is 17.1 Å². The van der Waals surface area contributed by atoms with Gasteiger partial charge in [-0.05, 0) is 69.0 Å². The van der Waals surface area contributed by atoms with Crippen LogP contribution in [-0.4, -0.2) is 13.2 Å². The van der Waals surface area contributed by atoms with E-state index < -0.39 is 0 Å². The van der Waals surface area contributed by atoms with E-state index >= 15 is 0 Å². The smallest absolute Gasteiger partial charge is 0.103 e. The molecule has 2 aromatic rings. The molecule has 0 fully saturated rings. The van der Waals surface area contributed by atoms with Crippen LogP contribution >= 0.6 is 0 Å². The van der Waals surface area contributed by atoms with E-state index in [1.54, 1.807) is 6.07 Å². The molecule has 3 rings (SSSR count). The number of hydrogen-bond acceptors (Lipinski definition) is 4. The van der Waals surface area contributed by atoms with Gasteiger partial charge in [-0.3, -0.25) is 0 Å². The summed E-state index contributed by atoms with van der Waals surface area (Å²) in [6.07, 6.45) is 0.0653. The van der Waals surface area contributed by atoms with Gasteiger partial charge in [0.05, 0.1) is 22.5 Å². The quantitative estimate of drug-likeness (QED) is 0.767. The van der Waals surface area contributed by atoms with Gasteiger partial charge in [0.25, 0.3) is 0 Å². The van der Waals surface area contributed by atoms with E-state index in [4.69, 9.17) is 0 Å². The molecule has 126 valence electrons. The van der Waals surface area contributed by atoms with Crippen LogP contribution in [0.1, 0.15) is 40.3 Å². The van der Waals surface area contributed by atoms with Crippen LogP contribution in [-0.2, 0) is 0 Å². The monoisotopic (exact) mass is 330 g/mol. The largest absolute Gasteiger partial charge is 0.351 e. The first kappa shape index (κ1) is 16.9. The molecule has 0 aliphatic carbocycles. The second-order valence-electron chi connectivity index (χ2n) is 6.80. The SMILES string of the molecule is Cc1cc(C)c(N2c3ccc(C#N)c(C#N)c3N(C)[C@@H]2C)c(C)c1C. The number of fused-ring (bicyclic) bond motifs is 1. The molecular weight excluding hydrogens is 308 g/mol. The van der Waals surface area contributed by atoms with Crippen molar-refractivity contribution in [1.29, 1.82) is 10.5 Å². The Balaban J connectivity index is 2.33. The highest BCUT2D eigenvalue weighted by atomic mass is 15.4. The van der Waals surface area contributed by atoms with Crippen molar-refractivity contribution in [3.05, 3.63) is 51.6 Å². The van der Waals surface area contributed by atoms with Gasteiger partial charge in [-0.15, -0.1) is 0 Å². The van der Waals surface area contributed by atoms with Crippen molar-refractivity contribution in [2.45, 2.75) is 40.8 Å². The van der Waals surface area contributed by atoms with Crippen LogP contribution in [0, 0.1) is 50.4 Å². The standard InChI is InChI=1S/C21H22N4/c1-12-9-13(2)20(15(4)14(12)3)25-16(5)24(6)21-18(11-23)17(10-22)7-8-19(21)25/h7-9,16H,1-6H3/t16-/m0/s1. The number of nitrogens with zero attached hydrogens (tertiary/aromatic N) is 4. The van der Waals surface area contributed by atoms with E-state index in [2.05, 4.69) is 62.6 Å². The Bertz CT molecular complexity index is 960. The maximum absolute atomic E-state index is 9.62. The average Bonchev–Trinajstić information content (AvgIpc) is 2.84. The van der Waals surface area contributed by atoms with Gasteiger partial charge in [-0.25, -0.2) is 0 Å². The molecule has 0 amide bonds. The van der Waals surface area contributed by atoms with Gasteiger partial charge < -0.3 is 9.80 Å². The summed E-state index contributed by atoms with van der Waals surface area (Å²) < 4.78 is 0. The second kappa shape index (κ2) is 5.83. The minimum Gasteiger partial charge on any atom is -0.351 e. The van der Waals surface area contributed by atoms with Gasteiger partial charge in [0, 0.05) is 12.7 Å². The molecule has 0 spiro atoms. The molecule has 1 aliphatic heterocycles. The Morgan fingerprint density at radius 1 is 0.920 bits per heavy atom. The highest BCUT2D eigenvalue weighted by Crippen LogP contribution is 2.48. The summed E-state index contributed by atoms with van der Waals surface area (Å²) in [5, 5.41) is 19.0. The number of nitriles is 2. The molecule has 0 aromatic heterocycles. The predicted molar refractivity (Wildman–Crippen MR) is 101 cm³/mol. The molecule has 0 bridgehead atoms. The maximum atomic E-state index is 9.62. The lowest BCUT2D eigenvalue weighted by molar-refractivity contribution is 0.730. The number of anilines is 3. The molecular formula is C21H22N4. The third-order valence-electron chi connectivity index (χ3n) is 5.49. The average molecular weight is 330 g/mol. The minimum atomic E-state index is 0.0653. The van der Waals surface area contributed by atoms with Gasteiger partial charge in [-0.1, -0.05) is 6.07 Å². The van der Waals surface area contributed by atoms with E-state index in [1.807, 2.05) is 13.1 Å². The Kier molecular flexibility index (Phi) is 3.93. The fourth-order valence-electron chi connectivity index (χ4n) is 3.85. The molecule has 25 heavy (non-hydrogen) atoms. The lowest BCUT2D eigenvalue weighted by atomic mass is 9.97. The highest BCUT2D eigenvalue weighted by molar-refractivity contribution is 5.90. The maximum Gasteiger partial charge on any atom is 0.103 e. The Morgan fingerprint density at radius 3 is 2.20 bits per heavy atom. The molecule has 2 aromatic carbocycles. The number of aryl methyl sites for hydroxylation is 2. The zero-order valence-electron chi connectivity index (χ0n) is 15.6. The summed E-state index contributed by atoms with van der Waals surface area (Å²) in [5.74, 6) is 0. The summed E-state index contributed by atoms with van der Waals surface area (Å²) in [4.78, 5) is 4.37. The molecule has 0 N–H and O–H groups in total. The number of benzene rings is 2. The molecule has 0 unspecified atom stereocenters. The summed E-state index contributed by atoms with van der Waals surface area (Å²) in [6.45, 7) is 10.7. The van der Waals surface area contributed by atoms with Gasteiger partial charge in [0.2, 0.25) is 0 Å². The van der Waals surface area contributed by atoms with Gasteiger partial charge >= 0.3 is 0 Å². The minimum absolute atomic E-state index is 0.0653. The van der Waals surface area contributed by atoms with Crippen LogP contribution < -0.4 is 9.80 Å². The summed E-state index contributed by atoms with van der Waals surface area (Å²) in [5.41, 5.74) is 8.95. The van der Waals surface area contributed by atoms with Crippen molar-refractivity contribution in [2.24, 2.45) is 0 Å². The van der Waals surface area contributed by atoms with Crippen molar-refractivity contribution in [3.8, 4) is 12.1 Å². The highest BCUT2D eigenvalue weighted by Gasteiger charge is 2.36. The van der Waals surface area contributed by atoms with E-state index in [1.165, 1.54) is 27.9 Å². The first-order valence-electron chi connectivity index (χ1n) is 8.40. The van der Waals surface area contributed by atoms with E-state index in [0.717, 1.165) is 11.4 Å². The molecule has 0 saturated carbocycles. The van der Waals surface area contributed by atoms with Crippen molar-refractivity contribution in [2.75, 3.05) is 16.8 Å². The fourth-order valence-corrected chi connectivity index (χ4v) is 3.85. The topological polar surface area (TPSA) is 54.1 Å². The molecule has 4 nitrogen and oxygen atoms in total. The lowest BCUT2D eigenvalue weighted by Gasteiger charge is -2.31. The molecule has 0 radical (unpaired) electrons. The second-order valence-corrected chi connectivity index (χ2v) is 6.80.